The molecular weight excluding hydrogens is 418 g/mol. The third kappa shape index (κ3) is 6.30. The summed E-state index contributed by atoms with van der Waals surface area (Å²) < 4.78 is 16.0. The molecule has 168 valence electrons. The quantitative estimate of drug-likeness (QED) is 0.561. The summed E-state index contributed by atoms with van der Waals surface area (Å²) in [6, 6.07) is 5.60. The number of hydrogen-bond donors (Lipinski definition) is 1. The van der Waals surface area contributed by atoms with E-state index in [2.05, 4.69) is 5.32 Å². The highest BCUT2D eigenvalue weighted by atomic mass is 32.1. The van der Waals surface area contributed by atoms with Crippen molar-refractivity contribution in [2.24, 2.45) is 5.92 Å². The molecule has 0 bridgehead atoms. The summed E-state index contributed by atoms with van der Waals surface area (Å²) in [7, 11) is 0. The van der Waals surface area contributed by atoms with Crippen molar-refractivity contribution in [1.29, 1.82) is 0 Å². The standard InChI is InChI=1S/C23H29NO6S/c1-7-28-22(26)19-16(6)20(23(27)30-11-13(2)3)31-21(19)24-18(25)12-29-17-10-8-9-14(4)15(17)5/h8-10,13H,7,11-12H2,1-6H3,(H,24,25). The van der Waals surface area contributed by atoms with Crippen LogP contribution in [0.4, 0.5) is 5.00 Å². The fourth-order valence-electron chi connectivity index (χ4n) is 2.74. The molecule has 8 heteroatoms. The Bertz CT molecular complexity index is 963. The van der Waals surface area contributed by atoms with Crippen LogP contribution in [0.2, 0.25) is 0 Å². The number of rotatable bonds is 9. The lowest BCUT2D eigenvalue weighted by atomic mass is 10.1. The molecule has 0 aliphatic carbocycles. The van der Waals surface area contributed by atoms with Gasteiger partial charge in [-0.25, -0.2) is 9.59 Å². The van der Waals surface area contributed by atoms with Gasteiger partial charge in [-0.3, -0.25) is 4.79 Å². The van der Waals surface area contributed by atoms with Crippen LogP contribution in [0.5, 0.6) is 5.75 Å². The number of carbonyl (C=O) groups is 3. The molecule has 1 aromatic carbocycles. The molecule has 0 spiro atoms. The van der Waals surface area contributed by atoms with Gasteiger partial charge in [-0.1, -0.05) is 26.0 Å². The highest BCUT2D eigenvalue weighted by Gasteiger charge is 2.27. The van der Waals surface area contributed by atoms with Crippen molar-refractivity contribution >= 4 is 34.2 Å². The molecule has 1 heterocycles. The van der Waals surface area contributed by atoms with Crippen LogP contribution in [0.25, 0.3) is 0 Å². The average molecular weight is 448 g/mol. The van der Waals surface area contributed by atoms with Gasteiger partial charge in [0.15, 0.2) is 6.61 Å². The van der Waals surface area contributed by atoms with Gasteiger partial charge in [0, 0.05) is 0 Å². The van der Waals surface area contributed by atoms with Crippen molar-refractivity contribution in [1.82, 2.24) is 0 Å². The van der Waals surface area contributed by atoms with Crippen LogP contribution in [0.3, 0.4) is 0 Å². The van der Waals surface area contributed by atoms with E-state index < -0.39 is 17.8 Å². The van der Waals surface area contributed by atoms with Gasteiger partial charge in [-0.05, 0) is 56.4 Å². The van der Waals surface area contributed by atoms with E-state index in [0.717, 1.165) is 22.5 Å². The Hall–Kier alpha value is -2.87. The minimum absolute atomic E-state index is 0.156. The molecular formula is C23H29NO6S. The first-order valence-electron chi connectivity index (χ1n) is 10.1. The van der Waals surface area contributed by atoms with E-state index in [1.165, 1.54) is 0 Å². The van der Waals surface area contributed by atoms with E-state index in [-0.39, 0.29) is 41.2 Å². The van der Waals surface area contributed by atoms with Crippen LogP contribution >= 0.6 is 11.3 Å². The van der Waals surface area contributed by atoms with Crippen molar-refractivity contribution < 1.29 is 28.6 Å². The third-order valence-electron chi connectivity index (χ3n) is 4.53. The molecule has 1 N–H and O–H groups in total. The van der Waals surface area contributed by atoms with Crippen molar-refractivity contribution in [2.45, 2.75) is 41.5 Å². The summed E-state index contributed by atoms with van der Waals surface area (Å²) in [6.45, 7) is 11.3. The number of nitrogens with one attached hydrogen (secondary N) is 1. The first-order valence-corrected chi connectivity index (χ1v) is 10.9. The maximum atomic E-state index is 12.5. The van der Waals surface area contributed by atoms with Crippen molar-refractivity contribution in [3.63, 3.8) is 0 Å². The minimum atomic E-state index is -0.607. The largest absolute Gasteiger partial charge is 0.483 e. The molecule has 0 saturated heterocycles. The SMILES string of the molecule is CCOC(=O)c1c(NC(=O)COc2cccc(C)c2C)sc(C(=O)OCC(C)C)c1C. The maximum absolute atomic E-state index is 12.5. The third-order valence-corrected chi connectivity index (χ3v) is 5.71. The molecule has 1 aromatic heterocycles. The van der Waals surface area contributed by atoms with Crippen LogP contribution in [-0.2, 0) is 14.3 Å². The molecule has 0 atom stereocenters. The molecule has 0 saturated carbocycles. The fraction of sp³-hybridized carbons (Fsp3) is 0.435. The van der Waals surface area contributed by atoms with Gasteiger partial charge in [0.05, 0.1) is 18.8 Å². The lowest BCUT2D eigenvalue weighted by Crippen LogP contribution is -2.21. The molecule has 2 aromatic rings. The predicted molar refractivity (Wildman–Crippen MR) is 120 cm³/mol. The number of benzene rings is 1. The van der Waals surface area contributed by atoms with E-state index >= 15 is 0 Å². The fourth-order valence-corrected chi connectivity index (χ4v) is 3.84. The zero-order valence-electron chi connectivity index (χ0n) is 18.8. The lowest BCUT2D eigenvalue weighted by Gasteiger charge is -2.11. The number of aryl methyl sites for hydroxylation is 1. The normalized spacial score (nSPS) is 10.7. The predicted octanol–water partition coefficient (Wildman–Crippen LogP) is 4.68. The second-order valence-corrected chi connectivity index (χ2v) is 8.53. The highest BCUT2D eigenvalue weighted by Crippen LogP contribution is 2.34. The Kier molecular flexibility index (Phi) is 8.62. The molecule has 1 amide bonds. The van der Waals surface area contributed by atoms with Crippen LogP contribution in [0.1, 0.15) is 57.5 Å². The number of thiophene rings is 1. The molecule has 0 radical (unpaired) electrons. The summed E-state index contributed by atoms with van der Waals surface area (Å²) in [5.41, 5.74) is 2.58. The molecule has 31 heavy (non-hydrogen) atoms. The van der Waals surface area contributed by atoms with E-state index in [0.29, 0.717) is 11.3 Å². The number of anilines is 1. The van der Waals surface area contributed by atoms with Gasteiger partial charge < -0.3 is 19.5 Å². The summed E-state index contributed by atoms with van der Waals surface area (Å²) >= 11 is 0.993. The van der Waals surface area contributed by atoms with Crippen molar-refractivity contribution in [2.75, 3.05) is 25.1 Å². The van der Waals surface area contributed by atoms with Gasteiger partial charge in [0.1, 0.15) is 15.6 Å². The maximum Gasteiger partial charge on any atom is 0.348 e. The zero-order chi connectivity index (χ0) is 23.1. The summed E-state index contributed by atoms with van der Waals surface area (Å²) in [5.74, 6) is -0.801. The van der Waals surface area contributed by atoms with Gasteiger partial charge >= 0.3 is 11.9 Å². The second kappa shape index (κ2) is 10.9. The number of amides is 1. The molecule has 7 nitrogen and oxygen atoms in total. The van der Waals surface area contributed by atoms with Crippen molar-refractivity contribution in [3.05, 3.63) is 45.3 Å². The Morgan fingerprint density at radius 3 is 2.39 bits per heavy atom. The molecule has 0 fully saturated rings. The van der Waals surface area contributed by atoms with E-state index in [1.54, 1.807) is 19.9 Å². The second-order valence-electron chi connectivity index (χ2n) is 7.51. The molecule has 2 rings (SSSR count). The number of esters is 2. The molecule has 0 unspecified atom stereocenters. The van der Waals surface area contributed by atoms with Crippen LogP contribution in [0, 0.1) is 26.7 Å². The average Bonchev–Trinajstić information content (AvgIpc) is 3.03. The van der Waals surface area contributed by atoms with Gasteiger partial charge in [0.2, 0.25) is 0 Å². The van der Waals surface area contributed by atoms with Crippen LogP contribution < -0.4 is 10.1 Å². The van der Waals surface area contributed by atoms with E-state index in [4.69, 9.17) is 14.2 Å². The Balaban J connectivity index is 2.21. The Labute approximate surface area is 186 Å². The minimum Gasteiger partial charge on any atom is -0.483 e. The van der Waals surface area contributed by atoms with Crippen LogP contribution in [0.15, 0.2) is 18.2 Å². The monoisotopic (exact) mass is 447 g/mol. The first kappa shape index (κ1) is 24.4. The van der Waals surface area contributed by atoms with Gasteiger partial charge in [0.25, 0.3) is 5.91 Å². The summed E-state index contributed by atoms with van der Waals surface area (Å²) in [6.07, 6.45) is 0. The molecule has 0 aliphatic heterocycles. The summed E-state index contributed by atoms with van der Waals surface area (Å²) in [4.78, 5) is 37.7. The lowest BCUT2D eigenvalue weighted by molar-refractivity contribution is -0.118. The first-order chi connectivity index (χ1) is 14.6. The number of ether oxygens (including phenoxy) is 3. The van der Waals surface area contributed by atoms with Gasteiger partial charge in [-0.15, -0.1) is 11.3 Å². The topological polar surface area (TPSA) is 90.9 Å². The number of hydrogen-bond acceptors (Lipinski definition) is 7. The Morgan fingerprint density at radius 1 is 1.03 bits per heavy atom. The highest BCUT2D eigenvalue weighted by molar-refractivity contribution is 7.18. The van der Waals surface area contributed by atoms with Crippen LogP contribution in [-0.4, -0.2) is 37.7 Å². The number of carbonyl (C=O) groups excluding carboxylic acids is 3. The van der Waals surface area contributed by atoms with Gasteiger partial charge in [-0.2, -0.15) is 0 Å². The zero-order valence-corrected chi connectivity index (χ0v) is 19.6. The smallest absolute Gasteiger partial charge is 0.348 e. The van der Waals surface area contributed by atoms with E-state index in [9.17, 15) is 14.4 Å². The van der Waals surface area contributed by atoms with E-state index in [1.807, 2.05) is 39.8 Å². The molecule has 0 aliphatic rings. The van der Waals surface area contributed by atoms with Crippen molar-refractivity contribution in [3.8, 4) is 5.75 Å². The summed E-state index contributed by atoms with van der Waals surface area (Å²) in [5, 5.41) is 2.92. The Morgan fingerprint density at radius 2 is 1.74 bits per heavy atom.